The third-order valence-corrected chi connectivity index (χ3v) is 2.03. The predicted molar refractivity (Wildman–Crippen MR) is 47.8 cm³/mol. The summed E-state index contributed by atoms with van der Waals surface area (Å²) < 4.78 is 0. The second-order valence-corrected chi connectivity index (χ2v) is 3.02. The van der Waals surface area contributed by atoms with Crippen molar-refractivity contribution in [2.45, 2.75) is 12.5 Å². The van der Waals surface area contributed by atoms with Gasteiger partial charge in [-0.05, 0) is 11.6 Å². The lowest BCUT2D eigenvalue weighted by Gasteiger charge is -2.05. The summed E-state index contributed by atoms with van der Waals surface area (Å²) in [6.07, 6.45) is 0.428. The molecule has 1 aliphatic heterocycles. The lowest BCUT2D eigenvalue weighted by molar-refractivity contribution is 0.177. The molecule has 3 nitrogen and oxygen atoms in total. The van der Waals surface area contributed by atoms with Crippen molar-refractivity contribution in [3.8, 4) is 0 Å². The molecule has 0 radical (unpaired) electrons. The number of hydrazine groups is 1. The molecule has 12 heavy (non-hydrogen) atoms. The van der Waals surface area contributed by atoms with E-state index in [1.54, 1.807) is 0 Å². The summed E-state index contributed by atoms with van der Waals surface area (Å²) in [5.74, 6) is 0. The van der Waals surface area contributed by atoms with Crippen LogP contribution >= 0.6 is 0 Å². The molecule has 0 bridgehead atoms. The summed E-state index contributed by atoms with van der Waals surface area (Å²) in [5, 5.41) is 9.43. The summed E-state index contributed by atoms with van der Waals surface area (Å²) in [6, 6.07) is 7.99. The van der Waals surface area contributed by atoms with Gasteiger partial charge >= 0.3 is 0 Å². The van der Waals surface area contributed by atoms with Crippen molar-refractivity contribution in [3.63, 3.8) is 0 Å². The molecule has 0 fully saturated rings. The van der Waals surface area contributed by atoms with Crippen LogP contribution in [0, 0.1) is 0 Å². The van der Waals surface area contributed by atoms with Crippen molar-refractivity contribution < 1.29 is 5.11 Å². The number of nitrogens with one attached hydrogen (secondary N) is 2. The molecule has 0 saturated heterocycles. The monoisotopic (exact) mass is 164 g/mol. The van der Waals surface area contributed by atoms with Crippen molar-refractivity contribution in [2.24, 2.45) is 0 Å². The molecule has 1 unspecified atom stereocenters. The molecule has 1 aromatic rings. The highest BCUT2D eigenvalue weighted by Crippen LogP contribution is 2.17. The number of benzene rings is 1. The number of aliphatic hydroxyl groups is 1. The maximum Gasteiger partial charge on any atom is 0.0723 e. The van der Waals surface area contributed by atoms with E-state index in [0.717, 1.165) is 17.7 Å². The fourth-order valence-corrected chi connectivity index (χ4v) is 1.41. The van der Waals surface area contributed by atoms with E-state index in [4.69, 9.17) is 0 Å². The lowest BCUT2D eigenvalue weighted by Crippen LogP contribution is -2.29. The molecule has 1 heterocycles. The van der Waals surface area contributed by atoms with Crippen LogP contribution < -0.4 is 10.9 Å². The van der Waals surface area contributed by atoms with Crippen molar-refractivity contribution in [2.75, 3.05) is 12.0 Å². The molecule has 1 aromatic carbocycles. The standard InChI is InChI=1S/C9H12N2O/c12-8-5-7-3-1-2-4-9(7)11-10-6-8/h1-4,8,10-12H,5-6H2. The van der Waals surface area contributed by atoms with Crippen molar-refractivity contribution >= 4 is 5.69 Å². The Morgan fingerprint density at radius 2 is 2.17 bits per heavy atom. The summed E-state index contributed by atoms with van der Waals surface area (Å²) in [7, 11) is 0. The van der Waals surface area contributed by atoms with E-state index in [-0.39, 0.29) is 6.10 Å². The Labute approximate surface area is 71.4 Å². The molecule has 0 spiro atoms. The fourth-order valence-electron chi connectivity index (χ4n) is 1.41. The molecular formula is C9H12N2O. The molecule has 1 aliphatic rings. The Morgan fingerprint density at radius 3 is 3.08 bits per heavy atom. The molecule has 0 aliphatic carbocycles. The minimum atomic E-state index is -0.291. The molecule has 1 atom stereocenters. The summed E-state index contributed by atoms with van der Waals surface area (Å²) in [4.78, 5) is 0. The number of aliphatic hydroxyl groups excluding tert-OH is 1. The minimum Gasteiger partial charge on any atom is -0.391 e. The van der Waals surface area contributed by atoms with Crippen LogP contribution in [0.2, 0.25) is 0 Å². The fraction of sp³-hybridized carbons (Fsp3) is 0.333. The Hall–Kier alpha value is -1.06. The largest absolute Gasteiger partial charge is 0.391 e. The molecule has 0 amide bonds. The van der Waals surface area contributed by atoms with Gasteiger partial charge in [0, 0.05) is 13.0 Å². The SMILES string of the molecule is OC1CNNc2ccccc2C1. The second kappa shape index (κ2) is 3.13. The van der Waals surface area contributed by atoms with E-state index in [2.05, 4.69) is 10.9 Å². The number of anilines is 1. The highest BCUT2D eigenvalue weighted by Gasteiger charge is 2.12. The van der Waals surface area contributed by atoms with Gasteiger partial charge in [-0.1, -0.05) is 18.2 Å². The quantitative estimate of drug-likeness (QED) is 0.524. The maximum absolute atomic E-state index is 9.43. The van der Waals surface area contributed by atoms with Crippen LogP contribution in [-0.2, 0) is 6.42 Å². The first kappa shape index (κ1) is 7.58. The van der Waals surface area contributed by atoms with Crippen LogP contribution in [0.3, 0.4) is 0 Å². The normalized spacial score (nSPS) is 22.2. The zero-order valence-electron chi connectivity index (χ0n) is 6.75. The first-order chi connectivity index (χ1) is 5.86. The van der Waals surface area contributed by atoms with Crippen molar-refractivity contribution in [1.29, 1.82) is 0 Å². The minimum absolute atomic E-state index is 0.291. The molecule has 0 aromatic heterocycles. The van der Waals surface area contributed by atoms with Crippen LogP contribution in [-0.4, -0.2) is 17.8 Å². The average Bonchev–Trinajstić information content (AvgIpc) is 2.25. The van der Waals surface area contributed by atoms with Gasteiger partial charge < -0.3 is 10.5 Å². The van der Waals surface area contributed by atoms with Gasteiger partial charge in [0.2, 0.25) is 0 Å². The van der Waals surface area contributed by atoms with E-state index >= 15 is 0 Å². The van der Waals surface area contributed by atoms with Crippen LogP contribution in [0.4, 0.5) is 5.69 Å². The topological polar surface area (TPSA) is 44.3 Å². The molecular weight excluding hydrogens is 152 g/mol. The molecule has 3 N–H and O–H groups in total. The zero-order valence-corrected chi connectivity index (χ0v) is 6.75. The van der Waals surface area contributed by atoms with Gasteiger partial charge in [-0.25, -0.2) is 5.43 Å². The number of β-amino-alcohol motifs (C(OH)–C–C–N with tert-alkyl or cyclic N) is 1. The van der Waals surface area contributed by atoms with Crippen molar-refractivity contribution in [3.05, 3.63) is 29.8 Å². The Balaban J connectivity index is 2.31. The average molecular weight is 164 g/mol. The number of rotatable bonds is 0. The van der Waals surface area contributed by atoms with Gasteiger partial charge in [0.05, 0.1) is 11.8 Å². The Bertz CT molecular complexity index is 275. The number of hydrogen-bond acceptors (Lipinski definition) is 3. The van der Waals surface area contributed by atoms with Gasteiger partial charge in [0.1, 0.15) is 0 Å². The van der Waals surface area contributed by atoms with E-state index in [1.807, 2.05) is 24.3 Å². The number of para-hydroxylation sites is 1. The Kier molecular flexibility index (Phi) is 1.98. The van der Waals surface area contributed by atoms with Crippen molar-refractivity contribution in [1.82, 2.24) is 5.43 Å². The van der Waals surface area contributed by atoms with E-state index in [0.29, 0.717) is 6.54 Å². The van der Waals surface area contributed by atoms with E-state index in [9.17, 15) is 5.11 Å². The molecule has 3 heteroatoms. The Morgan fingerprint density at radius 1 is 1.33 bits per heavy atom. The highest BCUT2D eigenvalue weighted by molar-refractivity contribution is 5.51. The third-order valence-electron chi connectivity index (χ3n) is 2.03. The van der Waals surface area contributed by atoms with Gasteiger partial charge in [-0.2, -0.15) is 0 Å². The highest BCUT2D eigenvalue weighted by atomic mass is 16.3. The smallest absolute Gasteiger partial charge is 0.0723 e. The predicted octanol–water partition coefficient (Wildman–Crippen LogP) is 0.520. The number of hydrogen-bond donors (Lipinski definition) is 3. The van der Waals surface area contributed by atoms with Crippen LogP contribution in [0.15, 0.2) is 24.3 Å². The third kappa shape index (κ3) is 1.42. The summed E-state index contributed by atoms with van der Waals surface area (Å²) >= 11 is 0. The number of fused-ring (bicyclic) bond motifs is 1. The first-order valence-corrected chi connectivity index (χ1v) is 4.11. The van der Waals surface area contributed by atoms with Gasteiger partial charge in [0.15, 0.2) is 0 Å². The van der Waals surface area contributed by atoms with Gasteiger partial charge in [-0.15, -0.1) is 0 Å². The van der Waals surface area contributed by atoms with E-state index < -0.39 is 0 Å². The summed E-state index contributed by atoms with van der Waals surface area (Å²) in [6.45, 7) is 0.592. The molecule has 0 saturated carbocycles. The maximum atomic E-state index is 9.43. The van der Waals surface area contributed by atoms with Gasteiger partial charge in [0.25, 0.3) is 0 Å². The summed E-state index contributed by atoms with van der Waals surface area (Å²) in [5.41, 5.74) is 8.22. The first-order valence-electron chi connectivity index (χ1n) is 4.11. The van der Waals surface area contributed by atoms with Crippen LogP contribution in [0.25, 0.3) is 0 Å². The molecule has 2 rings (SSSR count). The van der Waals surface area contributed by atoms with E-state index in [1.165, 1.54) is 0 Å². The second-order valence-electron chi connectivity index (χ2n) is 3.02. The zero-order chi connectivity index (χ0) is 8.39. The van der Waals surface area contributed by atoms with Crippen LogP contribution in [0.5, 0.6) is 0 Å². The van der Waals surface area contributed by atoms with Crippen LogP contribution in [0.1, 0.15) is 5.56 Å². The lowest BCUT2D eigenvalue weighted by atomic mass is 10.1. The molecule has 64 valence electrons. The van der Waals surface area contributed by atoms with Gasteiger partial charge in [-0.3, -0.25) is 0 Å².